The molecule has 0 bridgehead atoms. The first-order chi connectivity index (χ1) is 8.08. The molecule has 0 spiro atoms. The van der Waals surface area contributed by atoms with Crippen LogP contribution in [0.5, 0.6) is 0 Å². The van der Waals surface area contributed by atoms with Crippen molar-refractivity contribution in [2.75, 3.05) is 19.6 Å². The van der Waals surface area contributed by atoms with E-state index in [2.05, 4.69) is 19.2 Å². The van der Waals surface area contributed by atoms with Gasteiger partial charge in [-0.3, -0.25) is 0 Å². The van der Waals surface area contributed by atoms with E-state index >= 15 is 0 Å². The SMILES string of the molecule is CC(C)(CCN)CCCNCC1(C2CC2)CC1. The van der Waals surface area contributed by atoms with Gasteiger partial charge in [-0.2, -0.15) is 0 Å². The fraction of sp³-hybridized carbons (Fsp3) is 1.00. The second kappa shape index (κ2) is 5.27. The van der Waals surface area contributed by atoms with Gasteiger partial charge in [0.25, 0.3) is 0 Å². The molecule has 0 aromatic carbocycles. The molecule has 2 heteroatoms. The van der Waals surface area contributed by atoms with Crippen LogP contribution in [0.25, 0.3) is 0 Å². The largest absolute Gasteiger partial charge is 0.330 e. The first-order valence-corrected chi connectivity index (χ1v) is 7.49. The second-order valence-electron chi connectivity index (χ2n) is 7.12. The Morgan fingerprint density at radius 2 is 1.94 bits per heavy atom. The van der Waals surface area contributed by atoms with E-state index in [1.807, 2.05) is 0 Å². The van der Waals surface area contributed by atoms with E-state index in [1.165, 1.54) is 51.6 Å². The van der Waals surface area contributed by atoms with Gasteiger partial charge in [-0.1, -0.05) is 13.8 Å². The summed E-state index contributed by atoms with van der Waals surface area (Å²) in [6, 6.07) is 0. The third-order valence-electron chi connectivity index (χ3n) is 4.84. The Kier molecular flexibility index (Phi) is 4.14. The van der Waals surface area contributed by atoms with Crippen molar-refractivity contribution in [2.24, 2.45) is 22.5 Å². The van der Waals surface area contributed by atoms with Gasteiger partial charge in [0.2, 0.25) is 0 Å². The highest BCUT2D eigenvalue weighted by Crippen LogP contribution is 2.60. The number of rotatable bonds is 9. The summed E-state index contributed by atoms with van der Waals surface area (Å²) >= 11 is 0. The minimum absolute atomic E-state index is 0.435. The number of nitrogens with one attached hydrogen (secondary N) is 1. The van der Waals surface area contributed by atoms with Crippen molar-refractivity contribution >= 4 is 0 Å². The molecule has 0 atom stereocenters. The van der Waals surface area contributed by atoms with Gasteiger partial charge in [-0.05, 0) is 74.8 Å². The van der Waals surface area contributed by atoms with Gasteiger partial charge < -0.3 is 11.1 Å². The first kappa shape index (κ1) is 13.4. The summed E-state index contributed by atoms with van der Waals surface area (Å²) < 4.78 is 0. The maximum absolute atomic E-state index is 5.64. The number of hydrogen-bond acceptors (Lipinski definition) is 2. The average Bonchev–Trinajstić information content (AvgIpc) is 3.11. The third-order valence-corrected chi connectivity index (χ3v) is 4.84. The van der Waals surface area contributed by atoms with Crippen LogP contribution >= 0.6 is 0 Å². The topological polar surface area (TPSA) is 38.0 Å². The highest BCUT2D eigenvalue weighted by molar-refractivity contribution is 5.04. The van der Waals surface area contributed by atoms with Gasteiger partial charge in [0, 0.05) is 6.54 Å². The molecule has 0 amide bonds. The lowest BCUT2D eigenvalue weighted by Crippen LogP contribution is -2.27. The Morgan fingerprint density at radius 3 is 2.47 bits per heavy atom. The minimum atomic E-state index is 0.435. The van der Waals surface area contributed by atoms with Crippen LogP contribution in [0, 0.1) is 16.7 Å². The molecular weight excluding hydrogens is 208 g/mol. The average molecular weight is 238 g/mol. The van der Waals surface area contributed by atoms with Crippen LogP contribution in [0.3, 0.4) is 0 Å². The summed E-state index contributed by atoms with van der Waals surface area (Å²) in [6.07, 6.45) is 9.74. The van der Waals surface area contributed by atoms with Crippen LogP contribution in [0.1, 0.15) is 58.8 Å². The normalized spacial score (nSPS) is 22.8. The van der Waals surface area contributed by atoms with Crippen molar-refractivity contribution in [1.29, 1.82) is 0 Å². The lowest BCUT2D eigenvalue weighted by molar-refractivity contribution is 0.298. The number of nitrogens with two attached hydrogens (primary N) is 1. The van der Waals surface area contributed by atoms with Gasteiger partial charge >= 0.3 is 0 Å². The molecule has 0 saturated heterocycles. The Labute approximate surface area is 107 Å². The van der Waals surface area contributed by atoms with E-state index in [-0.39, 0.29) is 0 Å². The van der Waals surface area contributed by atoms with Gasteiger partial charge in [0.05, 0.1) is 0 Å². The molecule has 0 aliphatic heterocycles. The lowest BCUT2D eigenvalue weighted by Gasteiger charge is -2.24. The third kappa shape index (κ3) is 3.96. The molecule has 0 aromatic heterocycles. The fourth-order valence-electron chi connectivity index (χ4n) is 3.13. The van der Waals surface area contributed by atoms with Crippen LogP contribution in [0.15, 0.2) is 0 Å². The summed E-state index contributed by atoms with van der Waals surface area (Å²) in [5.41, 5.74) is 6.83. The Morgan fingerprint density at radius 1 is 1.24 bits per heavy atom. The Bertz CT molecular complexity index is 239. The molecule has 100 valence electrons. The van der Waals surface area contributed by atoms with E-state index in [9.17, 15) is 0 Å². The zero-order chi connectivity index (χ0) is 12.4. The summed E-state index contributed by atoms with van der Waals surface area (Å²) in [4.78, 5) is 0. The van der Waals surface area contributed by atoms with Crippen molar-refractivity contribution in [3.63, 3.8) is 0 Å². The van der Waals surface area contributed by atoms with Gasteiger partial charge in [0.15, 0.2) is 0 Å². The monoisotopic (exact) mass is 238 g/mol. The summed E-state index contributed by atoms with van der Waals surface area (Å²) in [5, 5.41) is 3.69. The molecule has 0 heterocycles. The van der Waals surface area contributed by atoms with Crippen molar-refractivity contribution in [3.05, 3.63) is 0 Å². The molecule has 0 radical (unpaired) electrons. The second-order valence-corrected chi connectivity index (χ2v) is 7.12. The molecule has 2 aliphatic rings. The molecule has 0 aromatic rings. The minimum Gasteiger partial charge on any atom is -0.330 e. The Balaban J connectivity index is 1.52. The van der Waals surface area contributed by atoms with Gasteiger partial charge in [0.1, 0.15) is 0 Å². The highest BCUT2D eigenvalue weighted by atomic mass is 14.9. The molecular formula is C15H30N2. The molecule has 2 saturated carbocycles. The van der Waals surface area contributed by atoms with E-state index in [0.717, 1.165) is 24.3 Å². The van der Waals surface area contributed by atoms with Crippen LogP contribution in [-0.4, -0.2) is 19.6 Å². The zero-order valence-electron chi connectivity index (χ0n) is 11.7. The van der Waals surface area contributed by atoms with Crippen LogP contribution in [-0.2, 0) is 0 Å². The van der Waals surface area contributed by atoms with Crippen molar-refractivity contribution in [2.45, 2.75) is 58.8 Å². The number of hydrogen-bond donors (Lipinski definition) is 2. The fourth-order valence-corrected chi connectivity index (χ4v) is 3.13. The quantitative estimate of drug-likeness (QED) is 0.606. The van der Waals surface area contributed by atoms with Crippen LogP contribution in [0.4, 0.5) is 0 Å². The van der Waals surface area contributed by atoms with E-state index in [4.69, 9.17) is 5.73 Å². The molecule has 3 N–H and O–H groups in total. The predicted molar refractivity (Wildman–Crippen MR) is 73.9 cm³/mol. The van der Waals surface area contributed by atoms with Gasteiger partial charge in [-0.15, -0.1) is 0 Å². The summed E-state index contributed by atoms with van der Waals surface area (Å²) in [7, 11) is 0. The molecule has 2 fully saturated rings. The lowest BCUT2D eigenvalue weighted by atomic mass is 9.84. The first-order valence-electron chi connectivity index (χ1n) is 7.49. The van der Waals surface area contributed by atoms with E-state index in [1.54, 1.807) is 0 Å². The summed E-state index contributed by atoms with van der Waals surface area (Å²) in [6.45, 7) is 7.99. The predicted octanol–water partition coefficient (Wildman–Crippen LogP) is 2.92. The molecule has 2 rings (SSSR count). The van der Waals surface area contributed by atoms with Gasteiger partial charge in [-0.25, -0.2) is 0 Å². The summed E-state index contributed by atoms with van der Waals surface area (Å²) in [5.74, 6) is 1.09. The van der Waals surface area contributed by atoms with Crippen LogP contribution < -0.4 is 11.1 Å². The maximum atomic E-state index is 5.64. The highest BCUT2D eigenvalue weighted by Gasteiger charge is 2.52. The van der Waals surface area contributed by atoms with Crippen molar-refractivity contribution < 1.29 is 0 Å². The van der Waals surface area contributed by atoms with E-state index in [0.29, 0.717) is 5.41 Å². The molecule has 17 heavy (non-hydrogen) atoms. The standard InChI is InChI=1S/C15H30N2/c1-14(2,9-10-16)6-3-11-17-12-15(7-8-15)13-4-5-13/h13,17H,3-12,16H2,1-2H3. The van der Waals surface area contributed by atoms with E-state index < -0.39 is 0 Å². The molecule has 0 unspecified atom stereocenters. The Hall–Kier alpha value is -0.0800. The molecule has 2 aliphatic carbocycles. The van der Waals surface area contributed by atoms with Crippen molar-refractivity contribution in [3.8, 4) is 0 Å². The molecule has 2 nitrogen and oxygen atoms in total. The smallest absolute Gasteiger partial charge is 0.00105 e. The maximum Gasteiger partial charge on any atom is 0.00105 e. The van der Waals surface area contributed by atoms with Crippen molar-refractivity contribution in [1.82, 2.24) is 5.32 Å². The van der Waals surface area contributed by atoms with Crippen LogP contribution in [0.2, 0.25) is 0 Å². The zero-order valence-corrected chi connectivity index (χ0v) is 11.7.